The van der Waals surface area contributed by atoms with Gasteiger partial charge in [0, 0.05) is 18.7 Å². The Morgan fingerprint density at radius 1 is 1.42 bits per heavy atom. The van der Waals surface area contributed by atoms with Gasteiger partial charge in [0.15, 0.2) is 0 Å². The van der Waals surface area contributed by atoms with Crippen molar-refractivity contribution in [2.75, 3.05) is 25.9 Å². The lowest BCUT2D eigenvalue weighted by Gasteiger charge is -2.16. The van der Waals surface area contributed by atoms with Crippen LogP contribution in [-0.4, -0.2) is 41.1 Å². The lowest BCUT2D eigenvalue weighted by Crippen LogP contribution is -2.26. The second-order valence-corrected chi connectivity index (χ2v) is 4.51. The zero-order valence-electron chi connectivity index (χ0n) is 10.4. The number of nitrogens with zero attached hydrogens (tertiary/aromatic N) is 3. The molecule has 2 rings (SSSR count). The molecule has 5 nitrogen and oxygen atoms in total. The number of hydrogen-bond donors (Lipinski definition) is 1. The van der Waals surface area contributed by atoms with E-state index in [4.69, 9.17) is 10.5 Å². The molecule has 0 amide bonds. The molecule has 0 spiro atoms. The third-order valence-electron chi connectivity index (χ3n) is 2.84. The second kappa shape index (κ2) is 5.20. The van der Waals surface area contributed by atoms with Gasteiger partial charge in [0.05, 0.1) is 0 Å². The van der Waals surface area contributed by atoms with Crippen LogP contribution in [0.1, 0.15) is 18.7 Å². The summed E-state index contributed by atoms with van der Waals surface area (Å²) in [6, 6.07) is 1.76. The van der Waals surface area contributed by atoms with E-state index in [9.17, 15) is 13.2 Å². The van der Waals surface area contributed by atoms with Gasteiger partial charge in [-0.2, -0.15) is 18.2 Å². The monoisotopic (exact) mass is 276 g/mol. The topological polar surface area (TPSA) is 64.3 Å². The molecular formula is C11H15F3N4O. The number of nitrogens with two attached hydrogens (primary N) is 1. The minimum atomic E-state index is -4.63. The molecule has 1 saturated carbocycles. The standard InChI is InChI=1S/C11H15F3N4O/c1-18(7-2-3-7)4-5-19-9-6-8(15)16-10(17-9)11(12,13)14/h6-7H,2-5H2,1H3,(H2,15,16,17). The predicted octanol–water partition coefficient (Wildman–Crippen LogP) is 1.55. The van der Waals surface area contributed by atoms with Gasteiger partial charge in [0.25, 0.3) is 0 Å². The van der Waals surface area contributed by atoms with Crippen LogP contribution in [0.25, 0.3) is 0 Å². The van der Waals surface area contributed by atoms with Crippen LogP contribution in [0.5, 0.6) is 5.88 Å². The van der Waals surface area contributed by atoms with Crippen LogP contribution in [0, 0.1) is 0 Å². The summed E-state index contributed by atoms with van der Waals surface area (Å²) in [6.07, 6.45) is -2.30. The van der Waals surface area contributed by atoms with E-state index in [0.29, 0.717) is 12.6 Å². The third-order valence-corrected chi connectivity index (χ3v) is 2.84. The Labute approximate surface area is 108 Å². The fourth-order valence-electron chi connectivity index (χ4n) is 1.64. The third kappa shape index (κ3) is 3.95. The summed E-state index contributed by atoms with van der Waals surface area (Å²) < 4.78 is 42.6. The van der Waals surface area contributed by atoms with Crippen molar-refractivity contribution in [3.63, 3.8) is 0 Å². The largest absolute Gasteiger partial charge is 0.476 e. The van der Waals surface area contributed by atoms with Crippen LogP contribution in [0.3, 0.4) is 0 Å². The Balaban J connectivity index is 1.93. The Bertz CT molecular complexity index is 448. The van der Waals surface area contributed by atoms with E-state index in [-0.39, 0.29) is 18.3 Å². The highest BCUT2D eigenvalue weighted by molar-refractivity contribution is 5.33. The quantitative estimate of drug-likeness (QED) is 0.884. The minimum Gasteiger partial charge on any atom is -0.476 e. The number of aromatic nitrogens is 2. The molecule has 1 aliphatic rings. The van der Waals surface area contributed by atoms with Crippen molar-refractivity contribution in [2.24, 2.45) is 0 Å². The SMILES string of the molecule is CN(CCOc1cc(N)nc(C(F)(F)F)n1)C1CC1. The van der Waals surface area contributed by atoms with Gasteiger partial charge in [0.1, 0.15) is 12.4 Å². The lowest BCUT2D eigenvalue weighted by atomic mass is 10.5. The van der Waals surface area contributed by atoms with Crippen LogP contribution in [-0.2, 0) is 6.18 Å². The normalized spacial score (nSPS) is 15.8. The number of nitrogen functional groups attached to an aromatic ring is 1. The average molecular weight is 276 g/mol. The second-order valence-electron chi connectivity index (χ2n) is 4.51. The van der Waals surface area contributed by atoms with Gasteiger partial charge in [-0.3, -0.25) is 0 Å². The molecule has 0 aliphatic heterocycles. The maximum Gasteiger partial charge on any atom is 0.451 e. The highest BCUT2D eigenvalue weighted by atomic mass is 19.4. The summed E-state index contributed by atoms with van der Waals surface area (Å²) in [5.74, 6) is -1.69. The van der Waals surface area contributed by atoms with Crippen LogP contribution in [0.2, 0.25) is 0 Å². The first-order valence-corrected chi connectivity index (χ1v) is 5.91. The Hall–Kier alpha value is -1.57. The van der Waals surface area contributed by atoms with E-state index in [0.717, 1.165) is 12.8 Å². The zero-order valence-corrected chi connectivity index (χ0v) is 10.4. The summed E-state index contributed by atoms with van der Waals surface area (Å²) in [6.45, 7) is 0.899. The highest BCUT2D eigenvalue weighted by Crippen LogP contribution is 2.28. The van der Waals surface area contributed by atoms with Crippen LogP contribution in [0.4, 0.5) is 19.0 Å². The number of halogens is 3. The number of ether oxygens (including phenoxy) is 1. The molecule has 2 N–H and O–H groups in total. The van der Waals surface area contributed by atoms with E-state index in [1.165, 1.54) is 6.07 Å². The Morgan fingerprint density at radius 3 is 2.68 bits per heavy atom. The minimum absolute atomic E-state index is 0.149. The van der Waals surface area contributed by atoms with Crippen molar-refractivity contribution in [2.45, 2.75) is 25.1 Å². The summed E-state index contributed by atoms with van der Waals surface area (Å²) >= 11 is 0. The fraction of sp³-hybridized carbons (Fsp3) is 0.636. The molecule has 0 saturated heterocycles. The van der Waals surface area contributed by atoms with Gasteiger partial charge in [-0.15, -0.1) is 0 Å². The van der Waals surface area contributed by atoms with Crippen molar-refractivity contribution in [1.82, 2.24) is 14.9 Å². The smallest absolute Gasteiger partial charge is 0.451 e. The highest BCUT2D eigenvalue weighted by Gasteiger charge is 2.35. The number of alkyl halides is 3. The van der Waals surface area contributed by atoms with E-state index >= 15 is 0 Å². The van der Waals surface area contributed by atoms with Crippen LogP contribution < -0.4 is 10.5 Å². The van der Waals surface area contributed by atoms with Crippen molar-refractivity contribution in [3.05, 3.63) is 11.9 Å². The first-order chi connectivity index (χ1) is 8.86. The van der Waals surface area contributed by atoms with E-state index in [2.05, 4.69) is 14.9 Å². The maximum atomic E-state index is 12.5. The molecule has 0 bridgehead atoms. The average Bonchev–Trinajstić information content (AvgIpc) is 3.10. The predicted molar refractivity (Wildman–Crippen MR) is 62.6 cm³/mol. The molecule has 0 atom stereocenters. The molecule has 19 heavy (non-hydrogen) atoms. The van der Waals surface area contributed by atoms with E-state index in [1.54, 1.807) is 0 Å². The molecule has 1 aromatic rings. The van der Waals surface area contributed by atoms with Gasteiger partial charge in [-0.25, -0.2) is 4.98 Å². The molecule has 0 aromatic carbocycles. The number of rotatable bonds is 5. The van der Waals surface area contributed by atoms with Gasteiger partial charge < -0.3 is 15.4 Å². The molecular weight excluding hydrogens is 261 g/mol. The van der Waals surface area contributed by atoms with Gasteiger partial charge >= 0.3 is 6.18 Å². The molecule has 106 valence electrons. The molecule has 1 heterocycles. The van der Waals surface area contributed by atoms with Gasteiger partial charge in [-0.1, -0.05) is 0 Å². The molecule has 0 unspecified atom stereocenters. The summed E-state index contributed by atoms with van der Waals surface area (Å²) in [5.41, 5.74) is 5.30. The van der Waals surface area contributed by atoms with Crippen molar-refractivity contribution in [1.29, 1.82) is 0 Å². The van der Waals surface area contributed by atoms with Crippen LogP contribution in [0.15, 0.2) is 6.07 Å². The van der Waals surface area contributed by atoms with Crippen LogP contribution >= 0.6 is 0 Å². The Kier molecular flexibility index (Phi) is 3.79. The number of hydrogen-bond acceptors (Lipinski definition) is 5. The van der Waals surface area contributed by atoms with Gasteiger partial charge in [-0.05, 0) is 19.9 Å². The Morgan fingerprint density at radius 2 is 2.11 bits per heavy atom. The van der Waals surface area contributed by atoms with Gasteiger partial charge in [0.2, 0.25) is 11.7 Å². The maximum absolute atomic E-state index is 12.5. The van der Waals surface area contributed by atoms with Crippen molar-refractivity contribution < 1.29 is 17.9 Å². The first-order valence-electron chi connectivity index (χ1n) is 5.91. The van der Waals surface area contributed by atoms with Crippen molar-refractivity contribution >= 4 is 5.82 Å². The number of likely N-dealkylation sites (N-methyl/N-ethyl adjacent to an activating group) is 1. The molecule has 1 fully saturated rings. The summed E-state index contributed by atoms with van der Waals surface area (Å²) in [4.78, 5) is 8.55. The summed E-state index contributed by atoms with van der Waals surface area (Å²) in [5, 5.41) is 0. The molecule has 0 radical (unpaired) electrons. The van der Waals surface area contributed by atoms with E-state index in [1.807, 2.05) is 7.05 Å². The molecule has 8 heteroatoms. The fourth-order valence-corrected chi connectivity index (χ4v) is 1.64. The van der Waals surface area contributed by atoms with E-state index < -0.39 is 12.0 Å². The lowest BCUT2D eigenvalue weighted by molar-refractivity contribution is -0.145. The molecule has 1 aliphatic carbocycles. The zero-order chi connectivity index (χ0) is 14.0. The molecule has 1 aromatic heterocycles. The summed E-state index contributed by atoms with van der Waals surface area (Å²) in [7, 11) is 1.95. The first kappa shape index (κ1) is 13.9. The van der Waals surface area contributed by atoms with Crippen molar-refractivity contribution in [3.8, 4) is 5.88 Å². The number of anilines is 1.